The average molecular weight is 454 g/mol. The van der Waals surface area contributed by atoms with Gasteiger partial charge >= 0.3 is 12.3 Å². The number of halogens is 4. The maximum Gasteiger partial charge on any atom is 0.422 e. The van der Waals surface area contributed by atoms with Crippen LogP contribution >= 0.6 is 0 Å². The predicted molar refractivity (Wildman–Crippen MR) is 102 cm³/mol. The number of nitrogens with one attached hydrogen (secondary N) is 1. The molecule has 0 spiro atoms. The van der Waals surface area contributed by atoms with Gasteiger partial charge in [-0.1, -0.05) is 0 Å². The second kappa shape index (κ2) is 9.13. The van der Waals surface area contributed by atoms with Crippen molar-refractivity contribution in [3.63, 3.8) is 0 Å². The molecule has 1 fully saturated rings. The molecule has 9 nitrogen and oxygen atoms in total. The van der Waals surface area contributed by atoms with Crippen LogP contribution in [0.25, 0.3) is 0 Å². The van der Waals surface area contributed by atoms with Crippen molar-refractivity contribution in [3.8, 4) is 6.07 Å². The summed E-state index contributed by atoms with van der Waals surface area (Å²) < 4.78 is 55.7. The van der Waals surface area contributed by atoms with Crippen molar-refractivity contribution in [2.75, 3.05) is 25.0 Å². The fraction of sp³-hybridized carbons (Fsp3) is 0.368. The molecule has 32 heavy (non-hydrogen) atoms. The van der Waals surface area contributed by atoms with Gasteiger partial charge in [0.25, 0.3) is 5.91 Å². The van der Waals surface area contributed by atoms with Crippen molar-refractivity contribution in [3.05, 3.63) is 41.8 Å². The number of nitrogens with two attached hydrogens (primary N) is 1. The van der Waals surface area contributed by atoms with Gasteiger partial charge in [-0.15, -0.1) is 0 Å². The van der Waals surface area contributed by atoms with E-state index in [0.29, 0.717) is 5.69 Å². The third-order valence-corrected chi connectivity index (χ3v) is 4.81. The van der Waals surface area contributed by atoms with Crippen LogP contribution in [-0.4, -0.2) is 52.6 Å². The summed E-state index contributed by atoms with van der Waals surface area (Å²) in [6.45, 7) is -1.87. The summed E-state index contributed by atoms with van der Waals surface area (Å²) in [5.74, 6) is -1.89. The monoisotopic (exact) mass is 454 g/mol. The smallest absolute Gasteiger partial charge is 0.422 e. The first-order valence-electron chi connectivity index (χ1n) is 9.37. The third kappa shape index (κ3) is 5.45. The molecule has 0 saturated carbocycles. The number of nitrogens with zero attached hydrogens (tertiary/aromatic N) is 4. The van der Waals surface area contributed by atoms with Crippen LogP contribution < -0.4 is 11.1 Å². The van der Waals surface area contributed by atoms with E-state index in [9.17, 15) is 32.4 Å². The lowest BCUT2D eigenvalue weighted by atomic mass is 9.93. The molecule has 13 heteroatoms. The molecule has 2 aromatic rings. The van der Waals surface area contributed by atoms with Gasteiger partial charge in [-0.3, -0.25) is 9.48 Å². The molecule has 2 heterocycles. The normalized spacial score (nSPS) is 18.7. The van der Waals surface area contributed by atoms with E-state index in [1.807, 2.05) is 0 Å². The second-order valence-corrected chi connectivity index (χ2v) is 7.07. The van der Waals surface area contributed by atoms with Crippen molar-refractivity contribution in [1.82, 2.24) is 14.7 Å². The maximum atomic E-state index is 13.1. The summed E-state index contributed by atoms with van der Waals surface area (Å²) >= 11 is 0. The summed E-state index contributed by atoms with van der Waals surface area (Å²) in [5.41, 5.74) is 5.80. The van der Waals surface area contributed by atoms with Crippen molar-refractivity contribution in [2.24, 2.45) is 11.7 Å². The number of rotatable bonds is 5. The van der Waals surface area contributed by atoms with Gasteiger partial charge in [0.05, 0.1) is 18.0 Å². The fourth-order valence-electron chi connectivity index (χ4n) is 3.26. The third-order valence-electron chi connectivity index (χ3n) is 4.81. The van der Waals surface area contributed by atoms with E-state index in [-0.39, 0.29) is 30.9 Å². The molecule has 1 aliphatic heterocycles. The Morgan fingerprint density at radius 2 is 2.00 bits per heavy atom. The van der Waals surface area contributed by atoms with E-state index in [0.717, 1.165) is 4.90 Å². The molecule has 2 amide bonds. The van der Waals surface area contributed by atoms with Gasteiger partial charge in [0.15, 0.2) is 12.4 Å². The Morgan fingerprint density at radius 1 is 1.31 bits per heavy atom. The zero-order valence-corrected chi connectivity index (χ0v) is 16.5. The largest absolute Gasteiger partial charge is 0.440 e. The van der Waals surface area contributed by atoms with Crippen molar-refractivity contribution >= 4 is 23.5 Å². The molecule has 0 aliphatic carbocycles. The van der Waals surface area contributed by atoms with Gasteiger partial charge in [-0.05, 0) is 30.7 Å². The van der Waals surface area contributed by atoms with Crippen molar-refractivity contribution in [2.45, 2.75) is 18.6 Å². The Balaban J connectivity index is 1.83. The van der Waals surface area contributed by atoms with Crippen molar-refractivity contribution in [1.29, 1.82) is 5.26 Å². The highest BCUT2D eigenvalue weighted by Crippen LogP contribution is 2.30. The number of aromatic nitrogens is 2. The van der Waals surface area contributed by atoms with Crippen molar-refractivity contribution < 1.29 is 31.9 Å². The summed E-state index contributed by atoms with van der Waals surface area (Å²) in [7, 11) is 0. The molecular weight excluding hydrogens is 436 g/mol. The van der Waals surface area contributed by atoms with Crippen LogP contribution in [0.3, 0.4) is 0 Å². The number of benzene rings is 1. The molecule has 1 aromatic carbocycles. The minimum atomic E-state index is -4.67. The van der Waals surface area contributed by atoms with E-state index >= 15 is 0 Å². The SMILES string of the molecule is N#C[C@@H]1CCN(C(=O)OCC(F)(F)F)C[C@H]1n1cc(C(N)=O)c(Nc2ccc(F)cc2)n1. The van der Waals surface area contributed by atoms with Gasteiger partial charge in [-0.2, -0.15) is 23.5 Å². The van der Waals surface area contributed by atoms with Crippen LogP contribution in [0.2, 0.25) is 0 Å². The molecule has 1 aromatic heterocycles. The van der Waals surface area contributed by atoms with Gasteiger partial charge in [0.2, 0.25) is 0 Å². The Bertz CT molecular complexity index is 1030. The first-order valence-corrected chi connectivity index (χ1v) is 9.37. The zero-order valence-electron chi connectivity index (χ0n) is 16.5. The number of hydrogen-bond donors (Lipinski definition) is 2. The van der Waals surface area contributed by atoms with Gasteiger partial charge in [0, 0.05) is 25.0 Å². The standard InChI is InChI=1S/C19H18F4N6O3/c20-12-1-3-13(4-2-12)26-17-14(16(25)30)8-29(27-17)15-9-28(6-5-11(15)7-24)18(31)32-10-19(21,22)23/h1-4,8,11,15H,5-6,9-10H2,(H2,25,30)(H,26,27)/t11-,15+/m0/s1. The number of carbonyl (C=O) groups excluding carboxylic acids is 2. The highest BCUT2D eigenvalue weighted by molar-refractivity contribution is 5.98. The minimum Gasteiger partial charge on any atom is -0.440 e. The maximum absolute atomic E-state index is 13.1. The number of amides is 2. The number of anilines is 2. The van der Waals surface area contributed by atoms with Crippen LogP contribution in [0.1, 0.15) is 22.8 Å². The zero-order chi connectivity index (χ0) is 23.5. The number of alkyl halides is 3. The number of piperidine rings is 1. The Morgan fingerprint density at radius 3 is 2.59 bits per heavy atom. The molecule has 1 saturated heterocycles. The van der Waals surface area contributed by atoms with Crippen LogP contribution in [0, 0.1) is 23.1 Å². The van der Waals surface area contributed by atoms with E-state index in [1.54, 1.807) is 0 Å². The van der Waals surface area contributed by atoms with Gasteiger partial charge in [-0.25, -0.2) is 9.18 Å². The summed E-state index contributed by atoms with van der Waals surface area (Å²) in [4.78, 5) is 25.0. The minimum absolute atomic E-state index is 0.0239. The number of ether oxygens (including phenoxy) is 1. The Hall–Kier alpha value is -3.82. The number of primary amides is 1. The molecule has 0 bridgehead atoms. The van der Waals surface area contributed by atoms with Crippen LogP contribution in [0.5, 0.6) is 0 Å². The summed E-state index contributed by atoms with van der Waals surface area (Å²) in [6.07, 6.45) is -4.39. The predicted octanol–water partition coefficient (Wildman–Crippen LogP) is 2.95. The second-order valence-electron chi connectivity index (χ2n) is 7.07. The molecule has 0 radical (unpaired) electrons. The Kier molecular flexibility index (Phi) is 6.52. The number of likely N-dealkylation sites (tertiary alicyclic amines) is 1. The quantitative estimate of drug-likeness (QED) is 0.669. The molecule has 170 valence electrons. The lowest BCUT2D eigenvalue weighted by Crippen LogP contribution is -2.45. The number of nitriles is 1. The topological polar surface area (TPSA) is 126 Å². The molecule has 2 atom stereocenters. The van der Waals surface area contributed by atoms with Gasteiger partial charge < -0.3 is 20.7 Å². The van der Waals surface area contributed by atoms with Crippen LogP contribution in [-0.2, 0) is 4.74 Å². The van der Waals surface area contributed by atoms with Crippen LogP contribution in [0.15, 0.2) is 30.5 Å². The van der Waals surface area contributed by atoms with Gasteiger partial charge in [0.1, 0.15) is 11.4 Å². The van der Waals surface area contributed by atoms with E-state index in [2.05, 4.69) is 21.2 Å². The number of hydrogen-bond acceptors (Lipinski definition) is 6. The molecule has 0 unspecified atom stereocenters. The highest BCUT2D eigenvalue weighted by Gasteiger charge is 2.37. The van der Waals surface area contributed by atoms with E-state index in [1.165, 1.54) is 35.1 Å². The highest BCUT2D eigenvalue weighted by atomic mass is 19.4. The lowest BCUT2D eigenvalue weighted by molar-refractivity contribution is -0.162. The Labute approximate surface area is 179 Å². The number of carbonyl (C=O) groups is 2. The average Bonchev–Trinajstić information content (AvgIpc) is 3.16. The molecule has 3 N–H and O–H groups in total. The lowest BCUT2D eigenvalue weighted by Gasteiger charge is -2.35. The molecular formula is C19H18F4N6O3. The fourth-order valence-corrected chi connectivity index (χ4v) is 3.26. The summed E-state index contributed by atoms with van der Waals surface area (Å²) in [6, 6.07) is 6.53. The first-order chi connectivity index (χ1) is 15.1. The van der Waals surface area contributed by atoms with Crippen LogP contribution in [0.4, 0.5) is 33.9 Å². The molecule has 1 aliphatic rings. The summed E-state index contributed by atoms with van der Waals surface area (Å²) in [5, 5.41) is 16.6. The van der Waals surface area contributed by atoms with E-state index < -0.39 is 42.6 Å². The molecule has 3 rings (SSSR count). The first kappa shape index (κ1) is 22.9. The van der Waals surface area contributed by atoms with E-state index in [4.69, 9.17) is 5.73 Å².